The lowest BCUT2D eigenvalue weighted by molar-refractivity contribution is 0.0257. The van der Waals surface area contributed by atoms with Crippen LogP contribution in [0.1, 0.15) is 63.4 Å². The first kappa shape index (κ1) is 26.4. The van der Waals surface area contributed by atoms with Crippen molar-refractivity contribution in [2.75, 3.05) is 13.1 Å². The summed E-state index contributed by atoms with van der Waals surface area (Å²) in [4.78, 5) is 9.18. The lowest BCUT2D eigenvalue weighted by Crippen LogP contribution is -2.47. The quantitative estimate of drug-likeness (QED) is 0.248. The van der Waals surface area contributed by atoms with Gasteiger partial charge < -0.3 is 15.7 Å². The molecule has 3 N–H and O–H groups in total. The van der Waals surface area contributed by atoms with Crippen LogP contribution in [0.25, 0.3) is 5.82 Å². The smallest absolute Gasteiger partial charge is 0.191 e. The molecule has 168 valence electrons. The highest BCUT2D eigenvalue weighted by atomic mass is 127. The molecule has 0 amide bonds. The second-order valence-electron chi connectivity index (χ2n) is 7.64. The van der Waals surface area contributed by atoms with Crippen molar-refractivity contribution in [1.29, 1.82) is 0 Å². The van der Waals surface area contributed by atoms with Gasteiger partial charge in [0.05, 0.1) is 17.8 Å². The molecule has 0 aliphatic carbocycles. The van der Waals surface area contributed by atoms with E-state index in [1.807, 2.05) is 49.8 Å². The molecule has 2 aromatic heterocycles. The van der Waals surface area contributed by atoms with E-state index in [0.717, 1.165) is 55.0 Å². The van der Waals surface area contributed by atoms with Crippen molar-refractivity contribution in [2.24, 2.45) is 4.99 Å². The summed E-state index contributed by atoms with van der Waals surface area (Å²) >= 11 is 0. The van der Waals surface area contributed by atoms with Crippen LogP contribution in [0, 0.1) is 13.8 Å². The predicted octanol–water partition coefficient (Wildman–Crippen LogP) is 3.89. The molecule has 0 saturated carbocycles. The monoisotopic (exact) mass is 528 g/mol. The van der Waals surface area contributed by atoms with Crippen molar-refractivity contribution in [1.82, 2.24) is 25.4 Å². The number of aromatic nitrogens is 3. The van der Waals surface area contributed by atoms with E-state index >= 15 is 0 Å². The molecular weight excluding hydrogens is 491 g/mol. The Morgan fingerprint density at radius 1 is 1.13 bits per heavy atom. The van der Waals surface area contributed by atoms with Crippen molar-refractivity contribution in [3.05, 3.63) is 41.3 Å². The third-order valence-corrected chi connectivity index (χ3v) is 4.82. The van der Waals surface area contributed by atoms with Gasteiger partial charge in [0.2, 0.25) is 0 Å². The Morgan fingerprint density at radius 3 is 2.33 bits per heavy atom. The molecule has 0 unspecified atom stereocenters. The number of nitrogens with zero attached hydrogens (tertiary/aromatic N) is 4. The number of aryl methyl sites for hydroxylation is 2. The molecule has 2 heterocycles. The number of aliphatic imine (C=N–C) groups is 1. The summed E-state index contributed by atoms with van der Waals surface area (Å²) in [5, 5.41) is 21.8. The Balaban J connectivity index is 0.00000450. The molecule has 0 aliphatic heterocycles. The minimum Gasteiger partial charge on any atom is -0.388 e. The van der Waals surface area contributed by atoms with E-state index in [-0.39, 0.29) is 24.0 Å². The number of pyridine rings is 1. The summed E-state index contributed by atoms with van der Waals surface area (Å²) in [6.07, 6.45) is 5.32. The number of guanidine groups is 1. The summed E-state index contributed by atoms with van der Waals surface area (Å²) in [6.45, 7) is 12.0. The number of rotatable bonds is 10. The van der Waals surface area contributed by atoms with Gasteiger partial charge in [-0.2, -0.15) is 5.10 Å². The molecule has 0 atom stereocenters. The topological polar surface area (TPSA) is 87.4 Å². The van der Waals surface area contributed by atoms with Crippen LogP contribution < -0.4 is 10.6 Å². The lowest BCUT2D eigenvalue weighted by atomic mass is 9.93. The van der Waals surface area contributed by atoms with E-state index in [2.05, 4.69) is 39.6 Å². The van der Waals surface area contributed by atoms with Crippen LogP contribution in [0.2, 0.25) is 0 Å². The molecule has 8 heteroatoms. The molecule has 0 bridgehead atoms. The first-order valence-corrected chi connectivity index (χ1v) is 10.6. The summed E-state index contributed by atoms with van der Waals surface area (Å²) in [6, 6.07) is 6.02. The molecular formula is C22H37IN6O. The molecule has 30 heavy (non-hydrogen) atoms. The molecule has 0 spiro atoms. The number of hydrogen-bond acceptors (Lipinski definition) is 4. The van der Waals surface area contributed by atoms with Crippen LogP contribution in [0.15, 0.2) is 29.4 Å². The van der Waals surface area contributed by atoms with Gasteiger partial charge >= 0.3 is 0 Å². The van der Waals surface area contributed by atoms with Gasteiger partial charge in [-0.05, 0) is 51.3 Å². The lowest BCUT2D eigenvalue weighted by Gasteiger charge is -2.28. The summed E-state index contributed by atoms with van der Waals surface area (Å²) < 4.78 is 1.84. The van der Waals surface area contributed by atoms with E-state index in [4.69, 9.17) is 0 Å². The van der Waals surface area contributed by atoms with E-state index in [1.54, 1.807) is 0 Å². The molecule has 2 rings (SSSR count). The van der Waals surface area contributed by atoms with Crippen LogP contribution in [0.5, 0.6) is 0 Å². The molecule has 0 saturated heterocycles. The van der Waals surface area contributed by atoms with Crippen LogP contribution in [-0.2, 0) is 6.54 Å². The average molecular weight is 528 g/mol. The zero-order valence-corrected chi connectivity index (χ0v) is 21.2. The molecule has 0 radical (unpaired) electrons. The SMILES string of the molecule is CCCC(O)(CCC)CNC(=NCc1ccc(-n2nc(C)cc2C)nc1)NCC.I. The molecule has 7 nitrogen and oxygen atoms in total. The number of halogens is 1. The fourth-order valence-corrected chi connectivity index (χ4v) is 3.49. The van der Waals surface area contributed by atoms with Crippen LogP contribution in [0.3, 0.4) is 0 Å². The minimum absolute atomic E-state index is 0. The van der Waals surface area contributed by atoms with Crippen molar-refractivity contribution in [3.63, 3.8) is 0 Å². The summed E-state index contributed by atoms with van der Waals surface area (Å²) in [7, 11) is 0. The van der Waals surface area contributed by atoms with Crippen LogP contribution in [0.4, 0.5) is 0 Å². The van der Waals surface area contributed by atoms with Crippen LogP contribution in [-0.4, -0.2) is 44.5 Å². The Bertz CT molecular complexity index is 781. The average Bonchev–Trinajstić information content (AvgIpc) is 3.03. The Morgan fingerprint density at radius 2 is 1.83 bits per heavy atom. The van der Waals surface area contributed by atoms with Gasteiger partial charge in [-0.3, -0.25) is 0 Å². The van der Waals surface area contributed by atoms with E-state index in [9.17, 15) is 5.11 Å². The normalized spacial score (nSPS) is 11.9. The van der Waals surface area contributed by atoms with E-state index in [1.165, 1.54) is 0 Å². The standard InChI is InChI=1S/C22H36N6O.HI/c1-6-11-22(29,12-7-2)16-26-21(23-8-3)25-15-19-9-10-20(24-14-19)28-18(5)13-17(4)27-28;/h9-10,13-14,29H,6-8,11-12,15-16H2,1-5H3,(H2,23,25,26);1H. The largest absolute Gasteiger partial charge is 0.388 e. The van der Waals surface area contributed by atoms with Crippen LogP contribution >= 0.6 is 24.0 Å². The van der Waals surface area contributed by atoms with Gasteiger partial charge in [0.15, 0.2) is 11.8 Å². The predicted molar refractivity (Wildman–Crippen MR) is 134 cm³/mol. The van der Waals surface area contributed by atoms with Gasteiger partial charge in [-0.1, -0.05) is 32.8 Å². The van der Waals surface area contributed by atoms with Crippen molar-refractivity contribution in [3.8, 4) is 5.82 Å². The van der Waals surface area contributed by atoms with Gasteiger partial charge in [-0.25, -0.2) is 14.7 Å². The molecule has 2 aromatic rings. The van der Waals surface area contributed by atoms with Gasteiger partial charge in [0.25, 0.3) is 0 Å². The molecule has 0 fully saturated rings. The number of aliphatic hydroxyl groups is 1. The molecule has 0 aromatic carbocycles. The second kappa shape index (κ2) is 12.9. The fourth-order valence-electron chi connectivity index (χ4n) is 3.49. The summed E-state index contributed by atoms with van der Waals surface area (Å²) in [5.41, 5.74) is 2.36. The highest BCUT2D eigenvalue weighted by Crippen LogP contribution is 2.18. The Kier molecular flexibility index (Phi) is 11.3. The fraction of sp³-hybridized carbons (Fsp3) is 0.591. The van der Waals surface area contributed by atoms with Gasteiger partial charge in [0, 0.05) is 25.0 Å². The first-order chi connectivity index (χ1) is 13.9. The van der Waals surface area contributed by atoms with Crippen molar-refractivity contribution in [2.45, 2.75) is 72.4 Å². The molecule has 0 aliphatic rings. The third kappa shape index (κ3) is 7.86. The Hall–Kier alpha value is -1.68. The maximum atomic E-state index is 10.8. The van der Waals surface area contributed by atoms with E-state index < -0.39 is 5.60 Å². The van der Waals surface area contributed by atoms with Crippen molar-refractivity contribution >= 4 is 29.9 Å². The maximum absolute atomic E-state index is 10.8. The number of nitrogens with one attached hydrogen (secondary N) is 2. The second-order valence-corrected chi connectivity index (χ2v) is 7.64. The van der Waals surface area contributed by atoms with E-state index in [0.29, 0.717) is 19.0 Å². The highest BCUT2D eigenvalue weighted by Gasteiger charge is 2.24. The minimum atomic E-state index is -0.692. The van der Waals surface area contributed by atoms with Gasteiger partial charge in [0.1, 0.15) is 0 Å². The van der Waals surface area contributed by atoms with Crippen molar-refractivity contribution < 1.29 is 5.11 Å². The highest BCUT2D eigenvalue weighted by molar-refractivity contribution is 14.0. The number of hydrogen-bond donors (Lipinski definition) is 3. The van der Waals surface area contributed by atoms with Gasteiger partial charge in [-0.15, -0.1) is 24.0 Å². The zero-order valence-electron chi connectivity index (χ0n) is 18.9. The maximum Gasteiger partial charge on any atom is 0.191 e. The Labute approximate surface area is 197 Å². The third-order valence-electron chi connectivity index (χ3n) is 4.82. The first-order valence-electron chi connectivity index (χ1n) is 10.6. The summed E-state index contributed by atoms with van der Waals surface area (Å²) in [5.74, 6) is 1.51. The zero-order chi connectivity index (χ0) is 21.3.